The van der Waals surface area contributed by atoms with Crippen molar-refractivity contribution < 1.29 is 0 Å². The smallest absolute Gasteiger partial charge is 0.0995 e. The molecule has 2 heteroatoms. The molecule has 1 saturated heterocycles. The zero-order chi connectivity index (χ0) is 11.3. The van der Waals surface area contributed by atoms with Crippen LogP contribution in [0.25, 0.3) is 0 Å². The van der Waals surface area contributed by atoms with E-state index in [-0.39, 0.29) is 0 Å². The van der Waals surface area contributed by atoms with Crippen LogP contribution in [0.2, 0.25) is 0 Å². The van der Waals surface area contributed by atoms with Gasteiger partial charge in [0.1, 0.15) is 0 Å². The van der Waals surface area contributed by atoms with E-state index in [0.717, 1.165) is 24.2 Å². The van der Waals surface area contributed by atoms with Gasteiger partial charge in [0, 0.05) is 18.8 Å². The Morgan fingerprint density at radius 1 is 1.27 bits per heavy atom. The van der Waals surface area contributed by atoms with Crippen LogP contribution in [0, 0.1) is 18.3 Å². The van der Waals surface area contributed by atoms with Gasteiger partial charge in [0.05, 0.1) is 11.6 Å². The van der Waals surface area contributed by atoms with Crippen LogP contribution in [-0.4, -0.2) is 13.1 Å². The summed E-state index contributed by atoms with van der Waals surface area (Å²) < 4.78 is 0. The third kappa shape index (κ3) is 2.50. The molecule has 80 valence electrons. The minimum atomic E-state index is 0.796. The van der Waals surface area contributed by atoms with Crippen molar-refractivity contribution in [1.29, 1.82) is 5.26 Å². The summed E-state index contributed by atoms with van der Waals surface area (Å²) in [6.07, 6.45) is 1.27. The van der Waals surface area contributed by atoms with E-state index in [2.05, 4.69) is 17.0 Å². The van der Waals surface area contributed by atoms with Crippen molar-refractivity contribution in [3.8, 4) is 6.07 Å². The third-order valence-corrected chi connectivity index (χ3v) is 2.56. The van der Waals surface area contributed by atoms with E-state index in [1.54, 1.807) is 0 Å². The molecule has 0 spiro atoms. The molecule has 0 N–H and O–H groups in total. The molecule has 15 heavy (non-hydrogen) atoms. The highest BCUT2D eigenvalue weighted by Crippen LogP contribution is 2.22. The molecule has 1 aliphatic rings. The topological polar surface area (TPSA) is 27.0 Å². The van der Waals surface area contributed by atoms with Crippen LogP contribution in [0.15, 0.2) is 18.2 Å². The molecule has 1 heterocycles. The summed E-state index contributed by atoms with van der Waals surface area (Å²) in [5, 5.41) is 8.85. The number of anilines is 1. The number of nitrogens with zero attached hydrogens (tertiary/aromatic N) is 2. The van der Waals surface area contributed by atoms with Gasteiger partial charge < -0.3 is 4.90 Å². The third-order valence-electron chi connectivity index (χ3n) is 2.56. The Balaban J connectivity index is 0.000000531. The van der Waals surface area contributed by atoms with Gasteiger partial charge in [-0.3, -0.25) is 0 Å². The molecule has 0 radical (unpaired) electrons. The van der Waals surface area contributed by atoms with Gasteiger partial charge in [0.2, 0.25) is 0 Å². The van der Waals surface area contributed by atoms with E-state index in [9.17, 15) is 0 Å². The summed E-state index contributed by atoms with van der Waals surface area (Å²) in [5.41, 5.74) is 3.05. The zero-order valence-electron chi connectivity index (χ0n) is 9.75. The number of hydrogen-bond acceptors (Lipinski definition) is 2. The first kappa shape index (κ1) is 11.6. The Morgan fingerprint density at radius 3 is 2.40 bits per heavy atom. The molecular formula is C13H18N2. The summed E-state index contributed by atoms with van der Waals surface area (Å²) in [6, 6.07) is 8.31. The van der Waals surface area contributed by atoms with Crippen LogP contribution in [0.5, 0.6) is 0 Å². The van der Waals surface area contributed by atoms with E-state index in [0.29, 0.717) is 0 Å². The SMILES string of the molecule is CC.Cc1ccc(N2CCC2)cc1C#N. The van der Waals surface area contributed by atoms with Crippen LogP contribution < -0.4 is 4.90 Å². The van der Waals surface area contributed by atoms with Gasteiger partial charge >= 0.3 is 0 Å². The number of nitriles is 1. The highest BCUT2D eigenvalue weighted by Gasteiger charge is 2.14. The van der Waals surface area contributed by atoms with Crippen LogP contribution in [0.3, 0.4) is 0 Å². The Labute approximate surface area is 92.1 Å². The Morgan fingerprint density at radius 2 is 1.93 bits per heavy atom. The van der Waals surface area contributed by atoms with Gasteiger partial charge in [0.25, 0.3) is 0 Å². The number of hydrogen-bond donors (Lipinski definition) is 0. The van der Waals surface area contributed by atoms with Gasteiger partial charge in [-0.1, -0.05) is 19.9 Å². The molecule has 0 aromatic heterocycles. The highest BCUT2D eigenvalue weighted by atomic mass is 15.2. The van der Waals surface area contributed by atoms with E-state index in [1.165, 1.54) is 12.1 Å². The number of benzene rings is 1. The maximum absolute atomic E-state index is 8.85. The molecule has 1 aromatic carbocycles. The van der Waals surface area contributed by atoms with Crippen molar-refractivity contribution in [3.63, 3.8) is 0 Å². The lowest BCUT2D eigenvalue weighted by atomic mass is 10.1. The molecule has 1 aromatic rings. The highest BCUT2D eigenvalue weighted by molar-refractivity contribution is 5.55. The maximum atomic E-state index is 8.85. The molecule has 1 fully saturated rings. The molecule has 0 aliphatic carbocycles. The number of aryl methyl sites for hydroxylation is 1. The fraction of sp³-hybridized carbons (Fsp3) is 0.462. The van der Waals surface area contributed by atoms with Gasteiger partial charge in [-0.25, -0.2) is 0 Å². The fourth-order valence-electron chi connectivity index (χ4n) is 1.50. The summed E-state index contributed by atoms with van der Waals surface area (Å²) in [6.45, 7) is 8.24. The van der Waals surface area contributed by atoms with Crippen molar-refractivity contribution in [1.82, 2.24) is 0 Å². The molecule has 2 nitrogen and oxygen atoms in total. The standard InChI is InChI=1S/C11H12N2.C2H6/c1-9-3-4-11(7-10(9)8-12)13-5-2-6-13;1-2/h3-4,7H,2,5-6H2,1H3;1-2H3. The second-order valence-electron chi connectivity index (χ2n) is 3.45. The molecule has 0 unspecified atom stereocenters. The lowest BCUT2D eigenvalue weighted by Crippen LogP contribution is -2.36. The molecule has 2 rings (SSSR count). The lowest BCUT2D eigenvalue weighted by molar-refractivity contribution is 0.617. The molecule has 1 aliphatic heterocycles. The quantitative estimate of drug-likeness (QED) is 0.699. The van der Waals surface area contributed by atoms with Crippen LogP contribution >= 0.6 is 0 Å². The normalized spacial score (nSPS) is 13.3. The van der Waals surface area contributed by atoms with Gasteiger partial charge in [-0.05, 0) is 31.0 Å². The Bertz CT molecular complexity index is 359. The van der Waals surface area contributed by atoms with Gasteiger partial charge in [-0.2, -0.15) is 5.26 Å². The first-order valence-electron chi connectivity index (χ1n) is 5.57. The van der Waals surface area contributed by atoms with Crippen molar-refractivity contribution in [2.75, 3.05) is 18.0 Å². The van der Waals surface area contributed by atoms with Crippen LogP contribution in [0.1, 0.15) is 31.4 Å². The summed E-state index contributed by atoms with van der Waals surface area (Å²) in [7, 11) is 0. The number of rotatable bonds is 1. The second kappa shape index (κ2) is 5.41. The molecule has 0 amide bonds. The summed E-state index contributed by atoms with van der Waals surface area (Å²) in [4.78, 5) is 2.29. The first-order valence-corrected chi connectivity index (χ1v) is 5.57. The van der Waals surface area contributed by atoms with E-state index >= 15 is 0 Å². The maximum Gasteiger partial charge on any atom is 0.0995 e. The minimum absolute atomic E-state index is 0.796. The average Bonchev–Trinajstić information content (AvgIpc) is 2.21. The van der Waals surface area contributed by atoms with Crippen molar-refractivity contribution >= 4 is 5.69 Å². The Hall–Kier alpha value is -1.49. The predicted molar refractivity (Wildman–Crippen MR) is 64.1 cm³/mol. The minimum Gasteiger partial charge on any atom is -0.371 e. The predicted octanol–water partition coefficient (Wildman–Crippen LogP) is 3.10. The monoisotopic (exact) mass is 202 g/mol. The van der Waals surface area contributed by atoms with E-state index in [4.69, 9.17) is 5.26 Å². The lowest BCUT2D eigenvalue weighted by Gasteiger charge is -2.33. The molecule has 0 bridgehead atoms. The first-order chi connectivity index (χ1) is 7.31. The fourth-order valence-corrected chi connectivity index (χ4v) is 1.50. The molecular weight excluding hydrogens is 184 g/mol. The Kier molecular flexibility index (Phi) is 4.17. The molecule has 0 atom stereocenters. The van der Waals surface area contributed by atoms with Crippen LogP contribution in [0.4, 0.5) is 5.69 Å². The zero-order valence-corrected chi connectivity index (χ0v) is 9.75. The second-order valence-corrected chi connectivity index (χ2v) is 3.45. The van der Waals surface area contributed by atoms with Crippen molar-refractivity contribution in [2.45, 2.75) is 27.2 Å². The van der Waals surface area contributed by atoms with Gasteiger partial charge in [-0.15, -0.1) is 0 Å². The van der Waals surface area contributed by atoms with Crippen molar-refractivity contribution in [3.05, 3.63) is 29.3 Å². The molecule has 0 saturated carbocycles. The van der Waals surface area contributed by atoms with Crippen LogP contribution in [-0.2, 0) is 0 Å². The van der Waals surface area contributed by atoms with Crippen molar-refractivity contribution in [2.24, 2.45) is 0 Å². The van der Waals surface area contributed by atoms with E-state index < -0.39 is 0 Å². The van der Waals surface area contributed by atoms with E-state index in [1.807, 2.05) is 32.9 Å². The summed E-state index contributed by atoms with van der Waals surface area (Å²) >= 11 is 0. The average molecular weight is 202 g/mol. The largest absolute Gasteiger partial charge is 0.371 e. The summed E-state index contributed by atoms with van der Waals surface area (Å²) in [5.74, 6) is 0. The van der Waals surface area contributed by atoms with Gasteiger partial charge in [0.15, 0.2) is 0 Å².